The van der Waals surface area contributed by atoms with Gasteiger partial charge in [0.1, 0.15) is 5.75 Å². The molecule has 1 fully saturated rings. The highest BCUT2D eigenvalue weighted by atomic mass is 16.5. The standard InChI is InChI=1S/C24H22N2O6/c1-31-18-12-8-16(9-13-18)25-21(27)14-32-24(30)15-6-10-17(11-7-15)26-22(28)19-4-2-3-5-20(19)23(26)29/h2-3,6-13,19-20H,4-5,14H2,1H3,(H,25,27)/t19-,20-/m1/s1. The summed E-state index contributed by atoms with van der Waals surface area (Å²) in [5.41, 5.74) is 1.18. The maximum Gasteiger partial charge on any atom is 0.338 e. The van der Waals surface area contributed by atoms with Crippen molar-refractivity contribution >= 4 is 35.1 Å². The summed E-state index contributed by atoms with van der Waals surface area (Å²) >= 11 is 0. The molecule has 1 N–H and O–H groups in total. The number of hydrogen-bond acceptors (Lipinski definition) is 6. The zero-order valence-corrected chi connectivity index (χ0v) is 17.4. The van der Waals surface area contributed by atoms with Crippen LogP contribution >= 0.6 is 0 Å². The number of imide groups is 1. The average Bonchev–Trinajstić information content (AvgIpc) is 3.08. The SMILES string of the molecule is COc1ccc(NC(=O)COC(=O)c2ccc(N3C(=O)[C@@H]4CC=CC[C@H]4C3=O)cc2)cc1. The lowest BCUT2D eigenvalue weighted by atomic mass is 9.85. The van der Waals surface area contributed by atoms with Gasteiger partial charge in [0.2, 0.25) is 11.8 Å². The number of fused-ring (bicyclic) bond motifs is 1. The highest BCUT2D eigenvalue weighted by Gasteiger charge is 2.47. The zero-order valence-electron chi connectivity index (χ0n) is 17.4. The molecule has 32 heavy (non-hydrogen) atoms. The van der Waals surface area contributed by atoms with Crippen molar-refractivity contribution in [2.75, 3.05) is 23.9 Å². The van der Waals surface area contributed by atoms with Crippen LogP contribution in [0.2, 0.25) is 0 Å². The molecule has 3 amide bonds. The molecule has 0 aromatic heterocycles. The van der Waals surface area contributed by atoms with Crippen molar-refractivity contribution in [1.29, 1.82) is 0 Å². The minimum Gasteiger partial charge on any atom is -0.497 e. The first kappa shape index (κ1) is 21.3. The number of nitrogens with one attached hydrogen (secondary N) is 1. The highest BCUT2D eigenvalue weighted by molar-refractivity contribution is 6.22. The second kappa shape index (κ2) is 9.05. The summed E-state index contributed by atoms with van der Waals surface area (Å²) in [6.07, 6.45) is 4.99. The van der Waals surface area contributed by atoms with Crippen LogP contribution in [0.25, 0.3) is 0 Å². The molecular formula is C24H22N2O6. The molecule has 2 aromatic carbocycles. The summed E-state index contributed by atoms with van der Waals surface area (Å²) in [7, 11) is 1.55. The molecule has 0 bridgehead atoms. The van der Waals surface area contributed by atoms with Gasteiger partial charge in [-0.15, -0.1) is 0 Å². The van der Waals surface area contributed by atoms with Crippen LogP contribution in [0.1, 0.15) is 23.2 Å². The van der Waals surface area contributed by atoms with Crippen LogP contribution in [0.15, 0.2) is 60.7 Å². The molecule has 1 saturated heterocycles. The van der Waals surface area contributed by atoms with Gasteiger partial charge in [0, 0.05) is 5.69 Å². The average molecular weight is 434 g/mol. The van der Waals surface area contributed by atoms with Crippen LogP contribution in [0, 0.1) is 11.8 Å². The van der Waals surface area contributed by atoms with E-state index in [1.54, 1.807) is 31.4 Å². The molecule has 8 heteroatoms. The Bertz CT molecular complexity index is 1050. The maximum atomic E-state index is 12.7. The van der Waals surface area contributed by atoms with Crippen molar-refractivity contribution in [2.24, 2.45) is 11.8 Å². The highest BCUT2D eigenvalue weighted by Crippen LogP contribution is 2.37. The van der Waals surface area contributed by atoms with Crippen molar-refractivity contribution in [3.8, 4) is 5.75 Å². The molecule has 1 heterocycles. The second-order valence-corrected chi connectivity index (χ2v) is 7.57. The Kier molecular flexibility index (Phi) is 6.02. The number of esters is 1. The summed E-state index contributed by atoms with van der Waals surface area (Å²) in [6.45, 7) is -0.452. The van der Waals surface area contributed by atoms with E-state index in [9.17, 15) is 19.2 Å². The lowest BCUT2D eigenvalue weighted by Crippen LogP contribution is -2.30. The van der Waals surface area contributed by atoms with Crippen molar-refractivity contribution < 1.29 is 28.7 Å². The lowest BCUT2D eigenvalue weighted by molar-refractivity contribution is -0.122. The molecule has 8 nitrogen and oxygen atoms in total. The van der Waals surface area contributed by atoms with E-state index in [1.807, 2.05) is 12.2 Å². The van der Waals surface area contributed by atoms with Crippen LogP contribution in [0.4, 0.5) is 11.4 Å². The van der Waals surface area contributed by atoms with Crippen LogP contribution in [-0.4, -0.2) is 37.4 Å². The molecule has 0 saturated carbocycles. The third-order valence-corrected chi connectivity index (χ3v) is 5.58. The second-order valence-electron chi connectivity index (χ2n) is 7.57. The molecule has 164 valence electrons. The molecule has 2 atom stereocenters. The number of rotatable bonds is 6. The van der Waals surface area contributed by atoms with Gasteiger partial charge in [-0.3, -0.25) is 19.3 Å². The third kappa shape index (κ3) is 4.25. The van der Waals surface area contributed by atoms with Gasteiger partial charge in [-0.2, -0.15) is 0 Å². The quantitative estimate of drug-likeness (QED) is 0.426. The Morgan fingerprint density at radius 2 is 1.53 bits per heavy atom. The summed E-state index contributed by atoms with van der Waals surface area (Å²) < 4.78 is 10.1. The van der Waals surface area contributed by atoms with Crippen LogP contribution in [-0.2, 0) is 19.1 Å². The van der Waals surface area contributed by atoms with Crippen molar-refractivity contribution in [3.63, 3.8) is 0 Å². The minimum atomic E-state index is -0.682. The van der Waals surface area contributed by atoms with Gasteiger partial charge in [-0.25, -0.2) is 4.79 Å². The number of hydrogen-bond donors (Lipinski definition) is 1. The maximum absolute atomic E-state index is 12.7. The Balaban J connectivity index is 1.33. The van der Waals surface area contributed by atoms with Gasteiger partial charge in [0.25, 0.3) is 5.91 Å². The van der Waals surface area contributed by atoms with Crippen molar-refractivity contribution in [3.05, 3.63) is 66.2 Å². The third-order valence-electron chi connectivity index (χ3n) is 5.58. The number of allylic oxidation sites excluding steroid dienone is 2. The first-order chi connectivity index (χ1) is 15.5. The fourth-order valence-electron chi connectivity index (χ4n) is 3.89. The summed E-state index contributed by atoms with van der Waals surface area (Å²) in [6, 6.07) is 12.8. The zero-order chi connectivity index (χ0) is 22.7. The number of benzene rings is 2. The number of amides is 3. The summed E-state index contributed by atoms with van der Waals surface area (Å²) in [4.78, 5) is 50.8. The van der Waals surface area contributed by atoms with Gasteiger partial charge in [-0.05, 0) is 61.4 Å². The van der Waals surface area contributed by atoms with Crippen LogP contribution in [0.3, 0.4) is 0 Å². The molecule has 2 aromatic rings. The van der Waals surface area contributed by atoms with Crippen LogP contribution in [0.5, 0.6) is 5.75 Å². The fraction of sp³-hybridized carbons (Fsp3) is 0.250. The van der Waals surface area contributed by atoms with Crippen molar-refractivity contribution in [2.45, 2.75) is 12.8 Å². The molecule has 0 spiro atoms. The molecule has 2 aliphatic rings. The number of methoxy groups -OCH3 is 1. The largest absolute Gasteiger partial charge is 0.497 e. The van der Waals surface area contributed by atoms with Gasteiger partial charge in [0.05, 0.1) is 30.2 Å². The minimum absolute atomic E-state index is 0.212. The number of carbonyl (C=O) groups is 4. The van der Waals surface area contributed by atoms with Gasteiger partial charge in [0.15, 0.2) is 6.61 Å². The Labute approximate surface area is 184 Å². The Morgan fingerprint density at radius 1 is 0.938 bits per heavy atom. The van der Waals surface area contributed by atoms with Gasteiger partial charge >= 0.3 is 5.97 Å². The predicted octanol–water partition coefficient (Wildman–Crippen LogP) is 2.95. The number of ether oxygens (including phenoxy) is 2. The Morgan fingerprint density at radius 3 is 2.09 bits per heavy atom. The van der Waals surface area contributed by atoms with E-state index in [4.69, 9.17) is 9.47 Å². The molecular weight excluding hydrogens is 412 g/mol. The van der Waals surface area contributed by atoms with E-state index >= 15 is 0 Å². The number of carbonyl (C=O) groups excluding carboxylic acids is 4. The normalized spacial score (nSPS) is 19.5. The first-order valence-corrected chi connectivity index (χ1v) is 10.2. The summed E-state index contributed by atoms with van der Waals surface area (Å²) in [5.74, 6) is -1.57. The lowest BCUT2D eigenvalue weighted by Gasteiger charge is -2.15. The number of anilines is 2. The molecule has 4 rings (SSSR count). The molecule has 1 aliphatic heterocycles. The first-order valence-electron chi connectivity index (χ1n) is 10.2. The van der Waals surface area contributed by atoms with Crippen molar-refractivity contribution in [1.82, 2.24) is 0 Å². The Hall–Kier alpha value is -3.94. The van der Waals surface area contributed by atoms with E-state index in [-0.39, 0.29) is 29.2 Å². The van der Waals surface area contributed by atoms with E-state index in [0.717, 1.165) is 0 Å². The summed E-state index contributed by atoms with van der Waals surface area (Å²) in [5, 5.41) is 2.62. The van der Waals surface area contributed by atoms with E-state index in [0.29, 0.717) is 30.0 Å². The molecule has 1 aliphatic carbocycles. The van der Waals surface area contributed by atoms with E-state index < -0.39 is 18.5 Å². The fourth-order valence-corrected chi connectivity index (χ4v) is 3.89. The molecule has 0 radical (unpaired) electrons. The van der Waals surface area contributed by atoms with E-state index in [2.05, 4.69) is 5.32 Å². The smallest absolute Gasteiger partial charge is 0.338 e. The van der Waals surface area contributed by atoms with E-state index in [1.165, 1.54) is 29.2 Å². The van der Waals surface area contributed by atoms with Gasteiger partial charge < -0.3 is 14.8 Å². The number of nitrogens with zero attached hydrogens (tertiary/aromatic N) is 1. The predicted molar refractivity (Wildman–Crippen MR) is 116 cm³/mol. The monoisotopic (exact) mass is 434 g/mol. The molecule has 0 unspecified atom stereocenters. The van der Waals surface area contributed by atoms with Crippen LogP contribution < -0.4 is 15.0 Å². The topological polar surface area (TPSA) is 102 Å². The van der Waals surface area contributed by atoms with Gasteiger partial charge in [-0.1, -0.05) is 12.2 Å².